The summed E-state index contributed by atoms with van der Waals surface area (Å²) in [6.45, 7) is -1.21. The lowest BCUT2D eigenvalue weighted by Crippen LogP contribution is -2.28. The number of rotatable bonds is 5. The number of H-pyrrole nitrogens is 1. The van der Waals surface area contributed by atoms with Gasteiger partial charge in [-0.2, -0.15) is 13.9 Å². The van der Waals surface area contributed by atoms with Crippen molar-refractivity contribution in [1.29, 1.82) is 0 Å². The molecule has 130 valence electrons. The van der Waals surface area contributed by atoms with E-state index in [0.717, 1.165) is 24.2 Å². The van der Waals surface area contributed by atoms with Gasteiger partial charge in [0.05, 0.1) is 0 Å². The number of fused-ring (bicyclic) bond motifs is 1. The summed E-state index contributed by atoms with van der Waals surface area (Å²) >= 11 is 0. The predicted molar refractivity (Wildman–Crippen MR) is 85.5 cm³/mol. The average Bonchev–Trinajstić information content (AvgIpc) is 2.96. The molecule has 1 aliphatic rings. The van der Waals surface area contributed by atoms with E-state index in [-0.39, 0.29) is 30.6 Å². The first-order chi connectivity index (χ1) is 11.1. The molecule has 2 aromatic rings. The maximum absolute atomic E-state index is 12.2. The van der Waals surface area contributed by atoms with Gasteiger partial charge in [0.2, 0.25) is 0 Å². The zero-order chi connectivity index (χ0) is 16.2. The van der Waals surface area contributed by atoms with Crippen molar-refractivity contribution in [1.82, 2.24) is 20.8 Å². The Kier molecular flexibility index (Phi) is 6.10. The molecule has 0 unspecified atom stereocenters. The summed E-state index contributed by atoms with van der Waals surface area (Å²) in [5.74, 6) is -0.237. The number of nitrogens with zero attached hydrogens (tertiary/aromatic N) is 1. The molecule has 1 aliphatic heterocycles. The molecular formula is C15H17ClF2N4O2. The average molecular weight is 359 g/mol. The van der Waals surface area contributed by atoms with Crippen molar-refractivity contribution in [3.05, 3.63) is 46.8 Å². The molecule has 0 saturated heterocycles. The first-order valence-electron chi connectivity index (χ1n) is 7.22. The van der Waals surface area contributed by atoms with E-state index in [1.807, 2.05) is 0 Å². The molecule has 0 fully saturated rings. The normalized spacial score (nSPS) is 13.1. The Hall–Kier alpha value is -2.19. The van der Waals surface area contributed by atoms with Crippen LogP contribution in [0.4, 0.5) is 8.78 Å². The largest absolute Gasteiger partial charge is 0.435 e. The van der Waals surface area contributed by atoms with Gasteiger partial charge in [-0.3, -0.25) is 9.89 Å². The predicted octanol–water partition coefficient (Wildman–Crippen LogP) is 2.01. The quantitative estimate of drug-likeness (QED) is 0.764. The fourth-order valence-corrected chi connectivity index (χ4v) is 2.51. The van der Waals surface area contributed by atoms with Crippen LogP contribution in [-0.4, -0.2) is 29.3 Å². The van der Waals surface area contributed by atoms with Crippen LogP contribution >= 0.6 is 12.4 Å². The molecule has 24 heavy (non-hydrogen) atoms. The van der Waals surface area contributed by atoms with E-state index in [9.17, 15) is 13.6 Å². The number of carbonyl (C=O) groups is 1. The monoisotopic (exact) mass is 358 g/mol. The van der Waals surface area contributed by atoms with E-state index in [1.54, 1.807) is 12.1 Å². The summed E-state index contributed by atoms with van der Waals surface area (Å²) in [6.07, 6.45) is 0.808. The van der Waals surface area contributed by atoms with Gasteiger partial charge in [0.15, 0.2) is 5.69 Å². The van der Waals surface area contributed by atoms with Crippen LogP contribution in [0.1, 0.15) is 27.3 Å². The molecule has 1 aromatic heterocycles. The molecule has 0 aliphatic carbocycles. The minimum Gasteiger partial charge on any atom is -0.435 e. The van der Waals surface area contributed by atoms with Crippen molar-refractivity contribution < 1.29 is 18.3 Å². The lowest BCUT2D eigenvalue weighted by molar-refractivity contribution is -0.0498. The first-order valence-corrected chi connectivity index (χ1v) is 7.22. The van der Waals surface area contributed by atoms with Crippen molar-refractivity contribution >= 4 is 18.3 Å². The van der Waals surface area contributed by atoms with Gasteiger partial charge in [0, 0.05) is 37.3 Å². The number of hydrogen-bond donors (Lipinski definition) is 3. The summed E-state index contributed by atoms with van der Waals surface area (Å²) < 4.78 is 28.7. The maximum Gasteiger partial charge on any atom is 0.387 e. The number of aromatic amines is 1. The molecule has 9 heteroatoms. The number of benzene rings is 1. The van der Waals surface area contributed by atoms with Gasteiger partial charge >= 0.3 is 6.61 Å². The highest BCUT2D eigenvalue weighted by molar-refractivity contribution is 5.94. The Balaban J connectivity index is 0.00000208. The van der Waals surface area contributed by atoms with Gasteiger partial charge < -0.3 is 15.4 Å². The van der Waals surface area contributed by atoms with Gasteiger partial charge in [-0.1, -0.05) is 12.1 Å². The van der Waals surface area contributed by atoms with Crippen LogP contribution in [0.5, 0.6) is 5.75 Å². The second-order valence-electron chi connectivity index (χ2n) is 5.16. The molecule has 3 N–H and O–H groups in total. The van der Waals surface area contributed by atoms with Crippen molar-refractivity contribution in [2.24, 2.45) is 0 Å². The summed E-state index contributed by atoms with van der Waals surface area (Å²) in [4.78, 5) is 12.2. The van der Waals surface area contributed by atoms with E-state index in [4.69, 9.17) is 0 Å². The van der Waals surface area contributed by atoms with Crippen LogP contribution in [0.25, 0.3) is 0 Å². The fourth-order valence-electron chi connectivity index (χ4n) is 2.51. The zero-order valence-electron chi connectivity index (χ0n) is 12.6. The second kappa shape index (κ2) is 8.07. The summed E-state index contributed by atoms with van der Waals surface area (Å²) in [5.41, 5.74) is 2.89. The number of aromatic nitrogens is 2. The maximum atomic E-state index is 12.2. The first kappa shape index (κ1) is 18.2. The highest BCUT2D eigenvalue weighted by Crippen LogP contribution is 2.17. The van der Waals surface area contributed by atoms with Crippen molar-refractivity contribution in [3.8, 4) is 5.75 Å². The van der Waals surface area contributed by atoms with Crippen molar-refractivity contribution in [2.75, 3.05) is 6.54 Å². The van der Waals surface area contributed by atoms with Crippen LogP contribution in [0.15, 0.2) is 24.3 Å². The van der Waals surface area contributed by atoms with Gasteiger partial charge in [0.1, 0.15) is 5.75 Å². The number of alkyl halides is 2. The number of ether oxygens (including phenoxy) is 1. The number of hydrogen-bond acceptors (Lipinski definition) is 4. The smallest absolute Gasteiger partial charge is 0.387 e. The molecule has 0 saturated carbocycles. The minimum atomic E-state index is -2.87. The molecule has 1 amide bonds. The van der Waals surface area contributed by atoms with Gasteiger partial charge in [0.25, 0.3) is 5.91 Å². The van der Waals surface area contributed by atoms with Crippen molar-refractivity contribution in [3.63, 3.8) is 0 Å². The zero-order valence-corrected chi connectivity index (χ0v) is 13.5. The van der Waals surface area contributed by atoms with Crippen LogP contribution in [-0.2, 0) is 19.5 Å². The Labute approximate surface area is 143 Å². The van der Waals surface area contributed by atoms with E-state index in [1.165, 1.54) is 12.1 Å². The Bertz CT molecular complexity index is 709. The molecule has 0 atom stereocenters. The van der Waals surface area contributed by atoms with E-state index in [2.05, 4.69) is 25.6 Å². The van der Waals surface area contributed by atoms with E-state index in [0.29, 0.717) is 17.8 Å². The number of nitrogens with one attached hydrogen (secondary N) is 3. The molecule has 6 nitrogen and oxygen atoms in total. The van der Waals surface area contributed by atoms with E-state index >= 15 is 0 Å². The standard InChI is InChI=1S/C15H16F2N4O2.ClH/c16-15(17)23-10-3-1-2-9(6-10)7-19-14(22)13-11-8-18-5-4-12(11)20-21-13;/h1-3,6,15,18H,4-5,7-8H2,(H,19,22)(H,20,21);1H. The lowest BCUT2D eigenvalue weighted by atomic mass is 10.1. The molecule has 0 bridgehead atoms. The SMILES string of the molecule is Cl.O=C(NCc1cccc(OC(F)F)c1)c1n[nH]c2c1CNCC2. The van der Waals surface area contributed by atoms with E-state index < -0.39 is 6.61 Å². The third kappa shape index (κ3) is 4.21. The molecule has 3 rings (SSSR count). The summed E-state index contributed by atoms with van der Waals surface area (Å²) in [5, 5.41) is 12.9. The highest BCUT2D eigenvalue weighted by Gasteiger charge is 2.21. The van der Waals surface area contributed by atoms with Crippen LogP contribution in [0.3, 0.4) is 0 Å². The second-order valence-corrected chi connectivity index (χ2v) is 5.16. The van der Waals surface area contributed by atoms with Crippen LogP contribution < -0.4 is 15.4 Å². The lowest BCUT2D eigenvalue weighted by Gasteiger charge is -2.13. The molecule has 0 spiro atoms. The van der Waals surface area contributed by atoms with Gasteiger partial charge in [-0.25, -0.2) is 0 Å². The molecule has 1 aromatic carbocycles. The van der Waals surface area contributed by atoms with Crippen LogP contribution in [0, 0.1) is 0 Å². The highest BCUT2D eigenvalue weighted by atomic mass is 35.5. The number of amides is 1. The topological polar surface area (TPSA) is 79.0 Å². The Morgan fingerprint density at radius 2 is 2.25 bits per heavy atom. The summed E-state index contributed by atoms with van der Waals surface area (Å²) in [6, 6.07) is 6.22. The molecular weight excluding hydrogens is 342 g/mol. The third-order valence-electron chi connectivity index (χ3n) is 3.60. The fraction of sp³-hybridized carbons (Fsp3) is 0.333. The summed E-state index contributed by atoms with van der Waals surface area (Å²) in [7, 11) is 0. The third-order valence-corrected chi connectivity index (χ3v) is 3.60. The van der Waals surface area contributed by atoms with Crippen molar-refractivity contribution in [2.45, 2.75) is 26.1 Å². The molecule has 0 radical (unpaired) electrons. The number of carbonyl (C=O) groups excluding carboxylic acids is 1. The van der Waals surface area contributed by atoms with Crippen LogP contribution in [0.2, 0.25) is 0 Å². The Morgan fingerprint density at radius 3 is 3.04 bits per heavy atom. The minimum absolute atomic E-state index is 0. The Morgan fingerprint density at radius 1 is 1.42 bits per heavy atom. The molecule has 2 heterocycles. The van der Waals surface area contributed by atoms with Gasteiger partial charge in [-0.15, -0.1) is 12.4 Å². The van der Waals surface area contributed by atoms with Gasteiger partial charge in [-0.05, 0) is 17.7 Å². The number of halogens is 3.